The molecule has 0 amide bonds. The molecule has 110 valence electrons. The Kier molecular flexibility index (Phi) is 4.49. The van der Waals surface area contributed by atoms with E-state index in [9.17, 15) is 9.90 Å². The van der Waals surface area contributed by atoms with Crippen molar-refractivity contribution in [1.29, 1.82) is 0 Å². The van der Waals surface area contributed by atoms with E-state index in [1.54, 1.807) is 19.1 Å². The van der Waals surface area contributed by atoms with E-state index in [0.29, 0.717) is 24.3 Å². The van der Waals surface area contributed by atoms with Gasteiger partial charge in [0, 0.05) is 18.8 Å². The minimum absolute atomic E-state index is 0.177. The molecule has 3 N–H and O–H groups in total. The molecule has 1 aliphatic rings. The molecule has 5 heteroatoms. The molecule has 5 nitrogen and oxygen atoms in total. The zero-order valence-electron chi connectivity index (χ0n) is 12.0. The number of aliphatic hydroxyl groups excluding tert-OH is 1. The van der Waals surface area contributed by atoms with Gasteiger partial charge in [-0.25, -0.2) is 4.79 Å². The van der Waals surface area contributed by atoms with Gasteiger partial charge >= 0.3 is 5.97 Å². The van der Waals surface area contributed by atoms with Crippen LogP contribution >= 0.6 is 0 Å². The first-order valence-electron chi connectivity index (χ1n) is 7.02. The van der Waals surface area contributed by atoms with Gasteiger partial charge in [0.1, 0.15) is 0 Å². The second-order valence-corrected chi connectivity index (χ2v) is 5.28. The SMILES string of the molecule is CCOC(=O)c1cc(N)ccc1N1CCC(O)C(C)C1. The maximum atomic E-state index is 12.1. The predicted octanol–water partition coefficient (Wildman–Crippen LogP) is 1.65. The van der Waals surface area contributed by atoms with Crippen LogP contribution in [0.25, 0.3) is 0 Å². The minimum atomic E-state index is -0.353. The highest BCUT2D eigenvalue weighted by molar-refractivity contribution is 5.97. The standard InChI is InChI=1S/C15H22N2O3/c1-3-20-15(19)12-8-11(16)4-5-13(12)17-7-6-14(18)10(2)9-17/h4-5,8,10,14,18H,3,6-7,9,16H2,1-2H3. The number of nitrogens with zero attached hydrogens (tertiary/aromatic N) is 1. The quantitative estimate of drug-likeness (QED) is 0.649. The molecule has 0 aliphatic carbocycles. The van der Waals surface area contributed by atoms with Crippen LogP contribution in [-0.2, 0) is 4.74 Å². The van der Waals surface area contributed by atoms with E-state index < -0.39 is 0 Å². The number of rotatable bonds is 3. The summed E-state index contributed by atoms with van der Waals surface area (Å²) in [5.74, 6) is -0.176. The summed E-state index contributed by atoms with van der Waals surface area (Å²) >= 11 is 0. The number of aliphatic hydroxyl groups is 1. The third-order valence-corrected chi connectivity index (χ3v) is 3.72. The lowest BCUT2D eigenvalue weighted by atomic mass is 9.95. The second kappa shape index (κ2) is 6.13. The molecule has 0 radical (unpaired) electrons. The van der Waals surface area contributed by atoms with E-state index in [1.165, 1.54) is 0 Å². The molecule has 1 fully saturated rings. The van der Waals surface area contributed by atoms with Crippen molar-refractivity contribution in [1.82, 2.24) is 0 Å². The van der Waals surface area contributed by atoms with Crippen LogP contribution in [0.3, 0.4) is 0 Å². The summed E-state index contributed by atoms with van der Waals surface area (Å²) < 4.78 is 5.09. The predicted molar refractivity (Wildman–Crippen MR) is 78.8 cm³/mol. The average molecular weight is 278 g/mol. The molecule has 0 saturated carbocycles. The average Bonchev–Trinajstić information content (AvgIpc) is 2.42. The Morgan fingerprint density at radius 3 is 2.95 bits per heavy atom. The van der Waals surface area contributed by atoms with Crippen LogP contribution in [-0.4, -0.2) is 36.9 Å². The van der Waals surface area contributed by atoms with Crippen molar-refractivity contribution in [2.45, 2.75) is 26.4 Å². The smallest absolute Gasteiger partial charge is 0.340 e. The number of carbonyl (C=O) groups excluding carboxylic acids is 1. The van der Waals surface area contributed by atoms with Gasteiger partial charge in [-0.3, -0.25) is 0 Å². The van der Waals surface area contributed by atoms with E-state index in [2.05, 4.69) is 4.90 Å². The minimum Gasteiger partial charge on any atom is -0.462 e. The summed E-state index contributed by atoms with van der Waals surface area (Å²) in [4.78, 5) is 14.2. The van der Waals surface area contributed by atoms with Crippen molar-refractivity contribution in [2.75, 3.05) is 30.3 Å². The van der Waals surface area contributed by atoms with Crippen LogP contribution in [0, 0.1) is 5.92 Å². The van der Waals surface area contributed by atoms with Gasteiger partial charge in [-0.2, -0.15) is 0 Å². The molecule has 1 aromatic carbocycles. The molecule has 1 saturated heterocycles. The molecule has 0 aromatic heterocycles. The molecule has 1 aliphatic heterocycles. The van der Waals surface area contributed by atoms with E-state index >= 15 is 0 Å². The lowest BCUT2D eigenvalue weighted by Crippen LogP contribution is -2.42. The van der Waals surface area contributed by atoms with Gasteiger partial charge in [-0.1, -0.05) is 6.92 Å². The van der Waals surface area contributed by atoms with Gasteiger partial charge in [-0.05, 0) is 37.5 Å². The maximum Gasteiger partial charge on any atom is 0.340 e. The topological polar surface area (TPSA) is 75.8 Å². The first kappa shape index (κ1) is 14.7. The number of hydrogen-bond donors (Lipinski definition) is 2. The summed E-state index contributed by atoms with van der Waals surface area (Å²) in [5.41, 5.74) is 7.64. The van der Waals surface area contributed by atoms with Gasteiger partial charge in [0.25, 0.3) is 0 Å². The molecule has 1 heterocycles. The second-order valence-electron chi connectivity index (χ2n) is 5.28. The lowest BCUT2D eigenvalue weighted by Gasteiger charge is -2.36. The number of hydrogen-bond acceptors (Lipinski definition) is 5. The molecule has 2 unspecified atom stereocenters. The molecule has 2 atom stereocenters. The van der Waals surface area contributed by atoms with Gasteiger partial charge in [0.2, 0.25) is 0 Å². The van der Waals surface area contributed by atoms with E-state index in [4.69, 9.17) is 10.5 Å². The van der Waals surface area contributed by atoms with Crippen LogP contribution in [0.4, 0.5) is 11.4 Å². The van der Waals surface area contributed by atoms with Crippen molar-refractivity contribution < 1.29 is 14.6 Å². The summed E-state index contributed by atoms with van der Waals surface area (Å²) in [6.07, 6.45) is 0.430. The monoisotopic (exact) mass is 278 g/mol. The van der Waals surface area contributed by atoms with Gasteiger partial charge in [-0.15, -0.1) is 0 Å². The van der Waals surface area contributed by atoms with Crippen molar-refractivity contribution in [3.63, 3.8) is 0 Å². The van der Waals surface area contributed by atoms with Gasteiger partial charge in [0.05, 0.1) is 24.0 Å². The van der Waals surface area contributed by atoms with Gasteiger partial charge < -0.3 is 20.5 Å². The Morgan fingerprint density at radius 1 is 1.55 bits per heavy atom. The fourth-order valence-electron chi connectivity index (χ4n) is 2.55. The molecule has 2 rings (SSSR count). The third-order valence-electron chi connectivity index (χ3n) is 3.72. The summed E-state index contributed by atoms with van der Waals surface area (Å²) in [6, 6.07) is 5.29. The van der Waals surface area contributed by atoms with E-state index in [0.717, 1.165) is 18.8 Å². The Labute approximate surface area is 119 Å². The highest BCUT2D eigenvalue weighted by Gasteiger charge is 2.27. The molecular weight excluding hydrogens is 256 g/mol. The summed E-state index contributed by atoms with van der Waals surface area (Å²) in [5, 5.41) is 9.81. The number of piperidine rings is 1. The van der Waals surface area contributed by atoms with Crippen molar-refractivity contribution >= 4 is 17.3 Å². The number of carbonyl (C=O) groups is 1. The zero-order chi connectivity index (χ0) is 14.7. The first-order valence-corrected chi connectivity index (χ1v) is 7.02. The lowest BCUT2D eigenvalue weighted by molar-refractivity contribution is 0.0526. The number of nitrogens with two attached hydrogens (primary N) is 1. The van der Waals surface area contributed by atoms with E-state index in [1.807, 2.05) is 13.0 Å². The van der Waals surface area contributed by atoms with Crippen LogP contribution in [0.2, 0.25) is 0 Å². The van der Waals surface area contributed by atoms with Crippen LogP contribution in [0.5, 0.6) is 0 Å². The summed E-state index contributed by atoms with van der Waals surface area (Å²) in [7, 11) is 0. The third kappa shape index (κ3) is 3.04. The maximum absolute atomic E-state index is 12.1. The molecule has 0 spiro atoms. The van der Waals surface area contributed by atoms with Crippen molar-refractivity contribution in [3.05, 3.63) is 23.8 Å². The number of esters is 1. The normalized spacial score (nSPS) is 22.6. The van der Waals surface area contributed by atoms with Crippen molar-refractivity contribution in [2.24, 2.45) is 5.92 Å². The zero-order valence-corrected chi connectivity index (χ0v) is 12.0. The van der Waals surface area contributed by atoms with Gasteiger partial charge in [0.15, 0.2) is 0 Å². The Balaban J connectivity index is 2.29. The number of benzene rings is 1. The van der Waals surface area contributed by atoms with Crippen LogP contribution in [0.1, 0.15) is 30.6 Å². The van der Waals surface area contributed by atoms with Crippen LogP contribution < -0.4 is 10.6 Å². The fourth-order valence-corrected chi connectivity index (χ4v) is 2.55. The summed E-state index contributed by atoms with van der Waals surface area (Å²) in [6.45, 7) is 5.57. The molecular formula is C15H22N2O3. The Bertz CT molecular complexity index is 490. The number of nitrogen functional groups attached to an aromatic ring is 1. The first-order chi connectivity index (χ1) is 9.52. The fraction of sp³-hybridized carbons (Fsp3) is 0.533. The Hall–Kier alpha value is -1.75. The number of ether oxygens (including phenoxy) is 1. The Morgan fingerprint density at radius 2 is 2.30 bits per heavy atom. The number of anilines is 2. The molecule has 0 bridgehead atoms. The molecule has 1 aromatic rings. The largest absolute Gasteiger partial charge is 0.462 e. The van der Waals surface area contributed by atoms with Crippen molar-refractivity contribution in [3.8, 4) is 0 Å². The highest BCUT2D eigenvalue weighted by atomic mass is 16.5. The molecule has 20 heavy (non-hydrogen) atoms. The van der Waals surface area contributed by atoms with E-state index in [-0.39, 0.29) is 18.0 Å². The highest BCUT2D eigenvalue weighted by Crippen LogP contribution is 2.28. The van der Waals surface area contributed by atoms with Crippen LogP contribution in [0.15, 0.2) is 18.2 Å².